The van der Waals surface area contributed by atoms with E-state index in [0.717, 1.165) is 0 Å². The third kappa shape index (κ3) is 8.72. The van der Waals surface area contributed by atoms with E-state index in [0.29, 0.717) is 0 Å². The van der Waals surface area contributed by atoms with Crippen LogP contribution in [0.5, 0.6) is 0 Å². The van der Waals surface area contributed by atoms with Crippen LogP contribution in [0.4, 0.5) is 4.79 Å². The molecule has 0 bridgehead atoms. The number of hydrogen-bond acceptors (Lipinski definition) is 4. The van der Waals surface area contributed by atoms with Crippen LogP contribution in [0.1, 0.15) is 34.1 Å². The summed E-state index contributed by atoms with van der Waals surface area (Å²) in [6.07, 6.45) is -0.477. The molecule has 0 aromatic heterocycles. The smallest absolute Gasteiger partial charge is 0.548 e. The Bertz CT molecular complexity index is 225. The van der Waals surface area contributed by atoms with Gasteiger partial charge in [0.15, 0.2) is 0 Å². The Morgan fingerprint density at radius 1 is 1.40 bits per heavy atom. The van der Waals surface area contributed by atoms with Crippen molar-refractivity contribution in [2.24, 2.45) is 0 Å². The number of ether oxygens (including phenoxy) is 1. The number of amides is 1. The Labute approximate surface area is 112 Å². The van der Waals surface area contributed by atoms with Crippen molar-refractivity contribution in [2.45, 2.75) is 45.8 Å². The number of alkyl carbamates (subject to hydrolysis) is 1. The van der Waals surface area contributed by atoms with Gasteiger partial charge >= 0.3 is 35.7 Å². The van der Waals surface area contributed by atoms with E-state index >= 15 is 0 Å². The summed E-state index contributed by atoms with van der Waals surface area (Å²) in [5, 5.41) is 12.6. The summed E-state index contributed by atoms with van der Waals surface area (Å²) in [5.74, 6) is -1.31. The van der Waals surface area contributed by atoms with Crippen molar-refractivity contribution >= 4 is 12.1 Å². The number of nitrogens with one attached hydrogen (secondary N) is 1. The molecule has 0 spiro atoms. The van der Waals surface area contributed by atoms with E-state index in [1.54, 1.807) is 27.7 Å². The molecule has 5 nitrogen and oxygen atoms in total. The molecular formula is C9H16NNaO4. The molecule has 0 saturated heterocycles. The second kappa shape index (κ2) is 7.09. The van der Waals surface area contributed by atoms with Crippen molar-refractivity contribution < 1.29 is 49.0 Å². The van der Waals surface area contributed by atoms with E-state index < -0.39 is 23.7 Å². The summed E-state index contributed by atoms with van der Waals surface area (Å²) in [5.41, 5.74) is -0.631. The van der Waals surface area contributed by atoms with Crippen LogP contribution in [0.15, 0.2) is 0 Å². The first-order chi connectivity index (χ1) is 6.26. The van der Waals surface area contributed by atoms with Gasteiger partial charge in [0.25, 0.3) is 0 Å². The first kappa shape index (κ1) is 17.1. The van der Waals surface area contributed by atoms with Crippen molar-refractivity contribution in [1.29, 1.82) is 0 Å². The molecule has 0 unspecified atom stereocenters. The maximum Gasteiger partial charge on any atom is 1.00 e. The van der Waals surface area contributed by atoms with Crippen LogP contribution < -0.4 is 40.0 Å². The molecule has 6 heteroatoms. The second-order valence-corrected chi connectivity index (χ2v) is 3.93. The van der Waals surface area contributed by atoms with Crippen LogP contribution in [-0.2, 0) is 9.53 Å². The van der Waals surface area contributed by atoms with Crippen LogP contribution in [-0.4, -0.2) is 23.7 Å². The third-order valence-corrected chi connectivity index (χ3v) is 1.38. The maximum atomic E-state index is 11.1. The first-order valence-electron chi connectivity index (χ1n) is 4.46. The molecule has 0 heterocycles. The van der Waals surface area contributed by atoms with Crippen molar-refractivity contribution in [3.05, 3.63) is 0 Å². The van der Waals surface area contributed by atoms with Gasteiger partial charge in [0.05, 0.1) is 12.0 Å². The van der Waals surface area contributed by atoms with E-state index in [1.807, 2.05) is 0 Å². The molecule has 1 atom stereocenters. The van der Waals surface area contributed by atoms with Crippen LogP contribution in [0.3, 0.4) is 0 Å². The molecule has 0 aromatic carbocycles. The molecule has 0 aliphatic carbocycles. The number of carboxylic acids is 1. The molecule has 0 aliphatic heterocycles. The van der Waals surface area contributed by atoms with E-state index in [9.17, 15) is 14.7 Å². The second-order valence-electron chi connectivity index (χ2n) is 3.93. The average Bonchev–Trinajstić information content (AvgIpc) is 1.96. The van der Waals surface area contributed by atoms with Gasteiger partial charge in [-0.3, -0.25) is 0 Å². The topological polar surface area (TPSA) is 78.5 Å². The molecule has 0 saturated carbocycles. The zero-order valence-electron chi connectivity index (χ0n) is 9.92. The summed E-state index contributed by atoms with van der Waals surface area (Å²) in [6.45, 7) is 6.74. The van der Waals surface area contributed by atoms with Gasteiger partial charge in [-0.1, -0.05) is 6.92 Å². The van der Waals surface area contributed by atoms with Gasteiger partial charge < -0.3 is 20.0 Å². The van der Waals surface area contributed by atoms with Gasteiger partial charge in [0.2, 0.25) is 0 Å². The molecule has 0 aromatic rings. The molecule has 0 fully saturated rings. The Morgan fingerprint density at radius 2 is 1.87 bits per heavy atom. The van der Waals surface area contributed by atoms with Crippen molar-refractivity contribution in [1.82, 2.24) is 5.32 Å². The number of hydrogen-bond donors (Lipinski definition) is 1. The largest absolute Gasteiger partial charge is 1.00 e. The monoisotopic (exact) mass is 225 g/mol. The van der Waals surface area contributed by atoms with Gasteiger partial charge in [-0.2, -0.15) is 0 Å². The molecule has 0 rings (SSSR count). The van der Waals surface area contributed by atoms with Crippen molar-refractivity contribution in [3.8, 4) is 0 Å². The number of rotatable bonds is 3. The number of aliphatic carboxylic acids is 1. The molecule has 82 valence electrons. The van der Waals surface area contributed by atoms with E-state index in [-0.39, 0.29) is 36.0 Å². The maximum absolute atomic E-state index is 11.1. The summed E-state index contributed by atoms with van der Waals surface area (Å²) >= 11 is 0. The van der Waals surface area contributed by atoms with Crippen LogP contribution >= 0.6 is 0 Å². The van der Waals surface area contributed by atoms with Crippen LogP contribution in [0, 0.1) is 0 Å². The molecule has 0 aliphatic rings. The quantitative estimate of drug-likeness (QED) is 0.521. The van der Waals surface area contributed by atoms with E-state index in [1.165, 1.54) is 0 Å². The zero-order valence-corrected chi connectivity index (χ0v) is 11.9. The van der Waals surface area contributed by atoms with Crippen molar-refractivity contribution in [2.75, 3.05) is 0 Å². The van der Waals surface area contributed by atoms with E-state index in [2.05, 4.69) is 5.32 Å². The van der Waals surface area contributed by atoms with E-state index in [4.69, 9.17) is 4.74 Å². The minimum Gasteiger partial charge on any atom is -0.548 e. The fraction of sp³-hybridized carbons (Fsp3) is 0.778. The van der Waals surface area contributed by atoms with Gasteiger partial charge in [-0.15, -0.1) is 0 Å². The Balaban J connectivity index is 0. The predicted octanol–water partition coefficient (Wildman–Crippen LogP) is -2.96. The first-order valence-corrected chi connectivity index (χ1v) is 4.46. The minimum absolute atomic E-state index is 0. The van der Waals surface area contributed by atoms with Crippen LogP contribution in [0.2, 0.25) is 0 Å². The summed E-state index contributed by atoms with van der Waals surface area (Å²) in [4.78, 5) is 21.6. The third-order valence-electron chi connectivity index (χ3n) is 1.38. The fourth-order valence-corrected chi connectivity index (χ4v) is 0.777. The average molecular weight is 225 g/mol. The molecule has 1 N–H and O–H groups in total. The Hall–Kier alpha value is -0.260. The molecule has 0 radical (unpaired) electrons. The standard InChI is InChI=1S/C9H17NO4.Na/c1-5-6(7(11)12)10-8(13)14-9(2,3)4;/h6H,5H2,1-4H3,(H,10,13)(H,11,12);/q;+1/p-1/t6-;/m1./s1. The van der Waals surface area contributed by atoms with Crippen molar-refractivity contribution in [3.63, 3.8) is 0 Å². The van der Waals surface area contributed by atoms with Crippen LogP contribution in [0.25, 0.3) is 0 Å². The molecule has 15 heavy (non-hydrogen) atoms. The number of carbonyl (C=O) groups excluding carboxylic acids is 2. The summed E-state index contributed by atoms with van der Waals surface area (Å²) in [6, 6.07) is -0.996. The zero-order chi connectivity index (χ0) is 11.4. The Morgan fingerprint density at radius 3 is 2.13 bits per heavy atom. The van der Waals surface area contributed by atoms with Gasteiger partial charge in [0, 0.05) is 0 Å². The normalized spacial score (nSPS) is 12.3. The summed E-state index contributed by atoms with van der Waals surface area (Å²) < 4.78 is 4.88. The number of carbonyl (C=O) groups is 2. The SMILES string of the molecule is CC[C@@H](NC(=O)OC(C)(C)C)C(=O)[O-].[Na+]. The fourth-order valence-electron chi connectivity index (χ4n) is 0.777. The summed E-state index contributed by atoms with van der Waals surface area (Å²) in [7, 11) is 0. The molecular weight excluding hydrogens is 209 g/mol. The van der Waals surface area contributed by atoms with Gasteiger partial charge in [0.1, 0.15) is 5.60 Å². The Kier molecular flexibility index (Phi) is 8.10. The van der Waals surface area contributed by atoms with Gasteiger partial charge in [-0.05, 0) is 27.2 Å². The minimum atomic E-state index is -1.31. The number of carboxylic acid groups (broad SMARTS) is 1. The van der Waals surface area contributed by atoms with Gasteiger partial charge in [-0.25, -0.2) is 4.79 Å². The molecule has 1 amide bonds. The predicted molar refractivity (Wildman–Crippen MR) is 48.5 cm³/mol.